The minimum atomic E-state index is -1.11. The molecule has 2 atom stereocenters. The Kier molecular flexibility index (Phi) is 5.75. The molecule has 2 aromatic rings. The van der Waals surface area contributed by atoms with E-state index in [2.05, 4.69) is 4.98 Å². The van der Waals surface area contributed by atoms with Crippen molar-refractivity contribution in [3.8, 4) is 11.6 Å². The topological polar surface area (TPSA) is 98.2 Å². The lowest BCUT2D eigenvalue weighted by atomic mass is 10.1. The number of carbonyl (C=O) groups is 2. The predicted octanol–water partition coefficient (Wildman–Crippen LogP) is 3.74. The molecule has 1 N–H and O–H groups in total. The third-order valence-electron chi connectivity index (χ3n) is 4.45. The number of fused-ring (bicyclic) bond motifs is 1. The number of likely N-dealkylation sites (tertiary alicyclic amines) is 1. The molecular weight excluding hydrogens is 400 g/mol. The first kappa shape index (κ1) is 21.0. The fourth-order valence-electron chi connectivity index (χ4n) is 3.22. The highest BCUT2D eigenvalue weighted by Crippen LogP contribution is 2.34. The van der Waals surface area contributed by atoms with E-state index in [0.29, 0.717) is 22.0 Å². The van der Waals surface area contributed by atoms with E-state index >= 15 is 0 Å². The van der Waals surface area contributed by atoms with Crippen molar-refractivity contribution in [1.29, 1.82) is 0 Å². The largest absolute Gasteiger partial charge is 0.494 e. The van der Waals surface area contributed by atoms with Crippen LogP contribution in [0.4, 0.5) is 4.79 Å². The smallest absolute Gasteiger partial charge is 0.411 e. The summed E-state index contributed by atoms with van der Waals surface area (Å²) in [6.45, 7) is 5.24. The number of amides is 1. The zero-order valence-corrected chi connectivity index (χ0v) is 17.4. The van der Waals surface area contributed by atoms with Crippen LogP contribution >= 0.6 is 11.6 Å². The van der Waals surface area contributed by atoms with Crippen molar-refractivity contribution >= 4 is 34.4 Å². The highest BCUT2D eigenvalue weighted by molar-refractivity contribution is 6.31. The van der Waals surface area contributed by atoms with Crippen LogP contribution in [-0.4, -0.2) is 58.5 Å². The van der Waals surface area contributed by atoms with Crippen LogP contribution in [0.25, 0.3) is 10.8 Å². The number of aromatic nitrogens is 1. The van der Waals surface area contributed by atoms with Crippen LogP contribution in [0.2, 0.25) is 5.02 Å². The molecule has 9 heteroatoms. The molecule has 0 radical (unpaired) electrons. The van der Waals surface area contributed by atoms with Crippen LogP contribution in [0, 0.1) is 0 Å². The number of nitrogens with zero attached hydrogens (tertiary/aromatic N) is 2. The Hall–Kier alpha value is -2.74. The Bertz CT molecular complexity index is 942. The fraction of sp³-hybridized carbons (Fsp3) is 0.450. The van der Waals surface area contributed by atoms with Crippen molar-refractivity contribution in [1.82, 2.24) is 9.88 Å². The van der Waals surface area contributed by atoms with Gasteiger partial charge in [0.1, 0.15) is 23.5 Å². The SMILES string of the molecule is COc1cnc(O[C@@H]2C[C@@H](C(=O)O)N(C(=O)OC(C)(C)C)C2)c2cc(Cl)ccc12. The summed E-state index contributed by atoms with van der Waals surface area (Å²) in [4.78, 5) is 29.6. The Morgan fingerprint density at radius 1 is 1.28 bits per heavy atom. The highest BCUT2D eigenvalue weighted by atomic mass is 35.5. The van der Waals surface area contributed by atoms with Crippen LogP contribution < -0.4 is 9.47 Å². The van der Waals surface area contributed by atoms with Crippen molar-refractivity contribution < 1.29 is 28.9 Å². The molecule has 29 heavy (non-hydrogen) atoms. The number of hydrogen-bond acceptors (Lipinski definition) is 6. The number of halogens is 1. The zero-order valence-electron chi connectivity index (χ0n) is 16.6. The normalized spacial score (nSPS) is 19.3. The van der Waals surface area contributed by atoms with E-state index in [0.717, 1.165) is 5.39 Å². The molecule has 1 aromatic carbocycles. The lowest BCUT2D eigenvalue weighted by Crippen LogP contribution is -2.43. The maximum Gasteiger partial charge on any atom is 0.411 e. The van der Waals surface area contributed by atoms with E-state index in [-0.39, 0.29) is 13.0 Å². The summed E-state index contributed by atoms with van der Waals surface area (Å²) in [6, 6.07) is 4.20. The fourth-order valence-corrected chi connectivity index (χ4v) is 3.39. The number of ether oxygens (including phenoxy) is 3. The third-order valence-corrected chi connectivity index (χ3v) is 4.69. The molecule has 1 fully saturated rings. The quantitative estimate of drug-likeness (QED) is 0.801. The summed E-state index contributed by atoms with van der Waals surface area (Å²) < 4.78 is 16.7. The molecule has 156 valence electrons. The molecule has 0 aliphatic carbocycles. The van der Waals surface area contributed by atoms with E-state index < -0.39 is 29.8 Å². The first-order chi connectivity index (χ1) is 13.6. The number of carboxylic acids is 1. The van der Waals surface area contributed by atoms with Gasteiger partial charge in [-0.2, -0.15) is 0 Å². The van der Waals surface area contributed by atoms with Gasteiger partial charge >= 0.3 is 12.1 Å². The first-order valence-electron chi connectivity index (χ1n) is 9.10. The summed E-state index contributed by atoms with van der Waals surface area (Å²) in [5.74, 6) is -0.254. The number of carboxylic acid groups (broad SMARTS) is 1. The van der Waals surface area contributed by atoms with Crippen molar-refractivity contribution in [2.75, 3.05) is 13.7 Å². The van der Waals surface area contributed by atoms with Gasteiger partial charge in [0.25, 0.3) is 0 Å². The summed E-state index contributed by atoms with van der Waals surface area (Å²) in [5, 5.41) is 11.4. The van der Waals surface area contributed by atoms with Gasteiger partial charge in [-0.25, -0.2) is 14.6 Å². The zero-order chi connectivity index (χ0) is 21.3. The van der Waals surface area contributed by atoms with Crippen molar-refractivity contribution in [3.05, 3.63) is 29.4 Å². The van der Waals surface area contributed by atoms with Gasteiger partial charge in [0.05, 0.1) is 19.9 Å². The Labute approximate surface area is 173 Å². The molecule has 1 amide bonds. The molecule has 2 heterocycles. The number of rotatable bonds is 4. The molecule has 0 spiro atoms. The number of pyridine rings is 1. The standard InChI is InChI=1S/C20H23ClN2O6/c1-20(2,3)29-19(26)23-10-12(8-15(23)18(24)25)28-17-14-7-11(21)5-6-13(14)16(27-4)9-22-17/h5-7,9,12,15H,8,10H2,1-4H3,(H,24,25)/t12-,15+/m1/s1. The molecule has 0 unspecified atom stereocenters. The first-order valence-corrected chi connectivity index (χ1v) is 9.48. The molecule has 1 aromatic heterocycles. The summed E-state index contributed by atoms with van der Waals surface area (Å²) in [5.41, 5.74) is -0.733. The lowest BCUT2D eigenvalue weighted by Gasteiger charge is -2.26. The van der Waals surface area contributed by atoms with E-state index in [4.69, 9.17) is 25.8 Å². The molecule has 3 rings (SSSR count). The van der Waals surface area contributed by atoms with E-state index in [1.165, 1.54) is 11.1 Å². The summed E-state index contributed by atoms with van der Waals surface area (Å²) in [6.07, 6.45) is 0.392. The average Bonchev–Trinajstić information content (AvgIpc) is 3.05. The van der Waals surface area contributed by atoms with Gasteiger partial charge < -0.3 is 19.3 Å². The molecular formula is C20H23ClN2O6. The summed E-state index contributed by atoms with van der Waals surface area (Å²) >= 11 is 6.12. The monoisotopic (exact) mass is 422 g/mol. The minimum Gasteiger partial charge on any atom is -0.494 e. The number of methoxy groups -OCH3 is 1. The van der Waals surface area contributed by atoms with Crippen LogP contribution in [0.5, 0.6) is 11.6 Å². The number of aliphatic carboxylic acids is 1. The van der Waals surface area contributed by atoms with Gasteiger partial charge in [0, 0.05) is 22.2 Å². The van der Waals surface area contributed by atoms with Gasteiger partial charge in [0.15, 0.2) is 0 Å². The average molecular weight is 423 g/mol. The van der Waals surface area contributed by atoms with E-state index in [1.807, 2.05) is 0 Å². The second-order valence-electron chi connectivity index (χ2n) is 7.78. The van der Waals surface area contributed by atoms with Crippen LogP contribution in [0.15, 0.2) is 24.4 Å². The number of benzene rings is 1. The molecule has 1 aliphatic rings. The van der Waals surface area contributed by atoms with Gasteiger partial charge in [-0.1, -0.05) is 11.6 Å². The summed E-state index contributed by atoms with van der Waals surface area (Å²) in [7, 11) is 1.54. The second kappa shape index (κ2) is 7.94. The molecule has 0 saturated carbocycles. The molecule has 1 saturated heterocycles. The Morgan fingerprint density at radius 2 is 2.00 bits per heavy atom. The third kappa shape index (κ3) is 4.64. The van der Waals surface area contributed by atoms with Crippen molar-refractivity contribution in [3.63, 3.8) is 0 Å². The molecule has 1 aliphatic heterocycles. The maximum atomic E-state index is 12.4. The van der Waals surface area contributed by atoms with E-state index in [9.17, 15) is 14.7 Å². The van der Waals surface area contributed by atoms with Gasteiger partial charge in [-0.05, 0) is 39.0 Å². The van der Waals surface area contributed by atoms with Crippen molar-refractivity contribution in [2.24, 2.45) is 0 Å². The van der Waals surface area contributed by atoms with Gasteiger partial charge in [0.2, 0.25) is 5.88 Å². The molecule has 0 bridgehead atoms. The van der Waals surface area contributed by atoms with Crippen molar-refractivity contribution in [2.45, 2.75) is 44.9 Å². The predicted molar refractivity (Wildman–Crippen MR) is 107 cm³/mol. The minimum absolute atomic E-state index is 0.0711. The van der Waals surface area contributed by atoms with E-state index in [1.54, 1.807) is 46.1 Å². The van der Waals surface area contributed by atoms with Crippen LogP contribution in [0.1, 0.15) is 27.2 Å². The number of carbonyl (C=O) groups excluding carboxylic acids is 1. The van der Waals surface area contributed by atoms with Gasteiger partial charge in [-0.15, -0.1) is 0 Å². The highest BCUT2D eigenvalue weighted by Gasteiger charge is 2.43. The van der Waals surface area contributed by atoms with Crippen LogP contribution in [0.3, 0.4) is 0 Å². The lowest BCUT2D eigenvalue weighted by molar-refractivity contribution is -0.142. The van der Waals surface area contributed by atoms with Crippen LogP contribution in [-0.2, 0) is 9.53 Å². The molecule has 8 nitrogen and oxygen atoms in total. The Balaban J connectivity index is 1.86. The Morgan fingerprint density at radius 3 is 2.62 bits per heavy atom. The second-order valence-corrected chi connectivity index (χ2v) is 8.22. The van der Waals surface area contributed by atoms with Gasteiger partial charge in [-0.3, -0.25) is 4.90 Å². The number of hydrogen-bond donors (Lipinski definition) is 1. The maximum absolute atomic E-state index is 12.4.